The maximum Gasteiger partial charge on any atom is 0.303 e. The fourth-order valence-electron chi connectivity index (χ4n) is 2.36. The van der Waals surface area contributed by atoms with Crippen LogP contribution in [0.3, 0.4) is 0 Å². The molecule has 0 saturated heterocycles. The number of carboxylic acids is 1. The van der Waals surface area contributed by atoms with Gasteiger partial charge in [-0.1, -0.05) is 75.5 Å². The van der Waals surface area contributed by atoms with Gasteiger partial charge in [0.1, 0.15) is 0 Å². The molecule has 0 fully saturated rings. The highest BCUT2D eigenvalue weighted by molar-refractivity contribution is 5.66. The van der Waals surface area contributed by atoms with Crippen molar-refractivity contribution in [3.05, 3.63) is 36.5 Å². The zero-order chi connectivity index (χ0) is 17.0. The summed E-state index contributed by atoms with van der Waals surface area (Å²) >= 11 is 0. The predicted molar refractivity (Wildman–Crippen MR) is 101 cm³/mol. The van der Waals surface area contributed by atoms with Gasteiger partial charge in [0.15, 0.2) is 0 Å². The molecule has 0 saturated carbocycles. The number of rotatable bonds is 16. The van der Waals surface area contributed by atoms with Gasteiger partial charge in [-0.15, -0.1) is 0 Å². The number of allylic oxidation sites excluding steroid dienone is 6. The Balaban J connectivity index is 3.29. The lowest BCUT2D eigenvalue weighted by atomic mass is 10.1. The Morgan fingerprint density at radius 1 is 0.696 bits per heavy atom. The molecule has 132 valence electrons. The number of unbranched alkanes of at least 4 members (excludes halogenated alkanes) is 8. The maximum atomic E-state index is 10.3. The normalized spacial score (nSPS) is 12.0. The first-order valence-electron chi connectivity index (χ1n) is 9.44. The molecule has 0 rings (SSSR count). The summed E-state index contributed by atoms with van der Waals surface area (Å²) in [5, 5.41) is 8.52. The molecule has 0 aliphatic heterocycles. The van der Waals surface area contributed by atoms with E-state index in [1.165, 1.54) is 38.5 Å². The van der Waals surface area contributed by atoms with Crippen LogP contribution in [0, 0.1) is 0 Å². The van der Waals surface area contributed by atoms with Crippen molar-refractivity contribution in [2.24, 2.45) is 0 Å². The zero-order valence-electron chi connectivity index (χ0n) is 15.0. The minimum Gasteiger partial charge on any atom is -0.481 e. The molecule has 0 amide bonds. The molecular weight excluding hydrogens is 284 g/mol. The molecule has 0 aromatic heterocycles. The van der Waals surface area contributed by atoms with Crippen molar-refractivity contribution < 1.29 is 9.90 Å². The van der Waals surface area contributed by atoms with E-state index in [9.17, 15) is 4.79 Å². The molecule has 0 spiro atoms. The van der Waals surface area contributed by atoms with Crippen molar-refractivity contribution in [3.63, 3.8) is 0 Å². The van der Waals surface area contributed by atoms with Gasteiger partial charge in [0.25, 0.3) is 0 Å². The number of hydrogen-bond donors (Lipinski definition) is 1. The van der Waals surface area contributed by atoms with E-state index in [0.717, 1.165) is 38.5 Å². The Morgan fingerprint density at radius 2 is 1.17 bits per heavy atom. The average molecular weight is 321 g/mol. The van der Waals surface area contributed by atoms with Crippen LogP contribution in [0.2, 0.25) is 0 Å². The average Bonchev–Trinajstić information content (AvgIpc) is 2.53. The molecule has 0 radical (unpaired) electrons. The first-order chi connectivity index (χ1) is 11.3. The fraction of sp³-hybridized carbons (Fsp3) is 0.667. The third kappa shape index (κ3) is 20.7. The molecule has 0 heterocycles. The summed E-state index contributed by atoms with van der Waals surface area (Å²) in [6, 6.07) is 0. The minimum absolute atomic E-state index is 0.304. The lowest BCUT2D eigenvalue weighted by Gasteiger charge is -1.95. The molecule has 0 atom stereocenters. The summed E-state index contributed by atoms with van der Waals surface area (Å²) in [5.74, 6) is -0.684. The number of carbonyl (C=O) groups is 1. The number of hydrogen-bond acceptors (Lipinski definition) is 1. The Kier molecular flexibility index (Phi) is 17.7. The molecular formula is C21H36O2. The lowest BCUT2D eigenvalue weighted by molar-refractivity contribution is -0.137. The van der Waals surface area contributed by atoms with Crippen molar-refractivity contribution in [2.75, 3.05) is 0 Å². The van der Waals surface area contributed by atoms with Crippen LogP contribution < -0.4 is 0 Å². The SMILES string of the molecule is CCCCCCC/C=C\C/C=C\C/C=C\CCCCCC(=O)O. The number of carboxylic acid groups (broad SMARTS) is 1. The van der Waals surface area contributed by atoms with Crippen LogP contribution in [0.15, 0.2) is 36.5 Å². The first-order valence-corrected chi connectivity index (χ1v) is 9.44. The van der Waals surface area contributed by atoms with E-state index in [1.807, 2.05) is 0 Å². The summed E-state index contributed by atoms with van der Waals surface area (Å²) in [7, 11) is 0. The van der Waals surface area contributed by atoms with Gasteiger partial charge in [-0.3, -0.25) is 4.79 Å². The van der Waals surface area contributed by atoms with Gasteiger partial charge in [-0.25, -0.2) is 0 Å². The van der Waals surface area contributed by atoms with Crippen LogP contribution in [0.4, 0.5) is 0 Å². The van der Waals surface area contributed by atoms with E-state index >= 15 is 0 Å². The van der Waals surface area contributed by atoms with Gasteiger partial charge in [-0.05, 0) is 44.9 Å². The van der Waals surface area contributed by atoms with Gasteiger partial charge < -0.3 is 5.11 Å². The zero-order valence-corrected chi connectivity index (χ0v) is 15.0. The van der Waals surface area contributed by atoms with Crippen LogP contribution in [0.1, 0.15) is 90.4 Å². The molecule has 0 aliphatic carbocycles. The highest BCUT2D eigenvalue weighted by atomic mass is 16.4. The van der Waals surface area contributed by atoms with E-state index < -0.39 is 5.97 Å². The van der Waals surface area contributed by atoms with E-state index in [4.69, 9.17) is 5.11 Å². The van der Waals surface area contributed by atoms with E-state index in [1.54, 1.807) is 0 Å². The van der Waals surface area contributed by atoms with Crippen molar-refractivity contribution in [1.29, 1.82) is 0 Å². The Labute approximate surface area is 143 Å². The smallest absolute Gasteiger partial charge is 0.303 e. The summed E-state index contributed by atoms with van der Waals surface area (Å²) in [5.41, 5.74) is 0. The fourth-order valence-corrected chi connectivity index (χ4v) is 2.36. The molecule has 0 bridgehead atoms. The van der Waals surface area contributed by atoms with Crippen LogP contribution in [0.5, 0.6) is 0 Å². The van der Waals surface area contributed by atoms with Gasteiger partial charge in [0, 0.05) is 6.42 Å². The third-order valence-electron chi connectivity index (χ3n) is 3.78. The summed E-state index contributed by atoms with van der Waals surface area (Å²) in [6.45, 7) is 2.25. The van der Waals surface area contributed by atoms with Crippen LogP contribution in [0.25, 0.3) is 0 Å². The van der Waals surface area contributed by atoms with Gasteiger partial charge >= 0.3 is 5.97 Å². The second-order valence-corrected chi connectivity index (χ2v) is 6.08. The molecule has 0 aliphatic rings. The predicted octanol–water partition coefficient (Wildman–Crippen LogP) is 6.83. The molecule has 0 aromatic carbocycles. The quantitative estimate of drug-likeness (QED) is 0.250. The summed E-state index contributed by atoms with van der Waals surface area (Å²) in [4.78, 5) is 10.3. The Bertz CT molecular complexity index is 340. The van der Waals surface area contributed by atoms with Crippen molar-refractivity contribution >= 4 is 5.97 Å². The lowest BCUT2D eigenvalue weighted by Crippen LogP contribution is -1.93. The van der Waals surface area contributed by atoms with E-state index in [2.05, 4.69) is 43.4 Å². The molecule has 0 aromatic rings. The minimum atomic E-state index is -0.684. The van der Waals surface area contributed by atoms with Crippen molar-refractivity contribution in [1.82, 2.24) is 0 Å². The Morgan fingerprint density at radius 3 is 1.70 bits per heavy atom. The number of aliphatic carboxylic acids is 1. The van der Waals surface area contributed by atoms with Gasteiger partial charge in [-0.2, -0.15) is 0 Å². The van der Waals surface area contributed by atoms with E-state index in [-0.39, 0.29) is 0 Å². The summed E-state index contributed by atoms with van der Waals surface area (Å²) < 4.78 is 0. The van der Waals surface area contributed by atoms with Crippen LogP contribution >= 0.6 is 0 Å². The molecule has 2 heteroatoms. The van der Waals surface area contributed by atoms with Crippen molar-refractivity contribution in [3.8, 4) is 0 Å². The van der Waals surface area contributed by atoms with Gasteiger partial charge in [0.05, 0.1) is 0 Å². The topological polar surface area (TPSA) is 37.3 Å². The van der Waals surface area contributed by atoms with Crippen molar-refractivity contribution in [2.45, 2.75) is 90.4 Å². The molecule has 23 heavy (non-hydrogen) atoms. The van der Waals surface area contributed by atoms with Crippen LogP contribution in [-0.2, 0) is 4.79 Å². The van der Waals surface area contributed by atoms with Crippen LogP contribution in [-0.4, -0.2) is 11.1 Å². The maximum absolute atomic E-state index is 10.3. The second kappa shape index (κ2) is 18.7. The molecule has 2 nitrogen and oxygen atoms in total. The Hall–Kier alpha value is -1.31. The largest absolute Gasteiger partial charge is 0.481 e. The summed E-state index contributed by atoms with van der Waals surface area (Å²) in [6.07, 6.45) is 27.7. The first kappa shape index (κ1) is 21.7. The third-order valence-corrected chi connectivity index (χ3v) is 3.78. The highest BCUT2D eigenvalue weighted by Crippen LogP contribution is 2.06. The molecule has 0 unspecified atom stereocenters. The van der Waals surface area contributed by atoms with Gasteiger partial charge in [0.2, 0.25) is 0 Å². The standard InChI is InChI=1S/C21H36O2/c1-2-3-4-5-6-7-8-9-10-11-12-13-14-15-16-17-18-19-20-21(22)23/h8-9,11-12,14-15H,2-7,10,13,16-20H2,1H3,(H,22,23)/b9-8-,12-11-,15-14-. The monoisotopic (exact) mass is 320 g/mol. The second-order valence-electron chi connectivity index (χ2n) is 6.08. The highest BCUT2D eigenvalue weighted by Gasteiger charge is 1.94. The van der Waals surface area contributed by atoms with E-state index in [0.29, 0.717) is 6.42 Å². The molecule has 1 N–H and O–H groups in total.